The number of phenols is 1. The second-order valence-electron chi connectivity index (χ2n) is 10.5. The van der Waals surface area contributed by atoms with Crippen molar-refractivity contribution in [1.82, 2.24) is 0 Å². The van der Waals surface area contributed by atoms with Crippen LogP contribution in [0.4, 0.5) is 11.4 Å². The second-order valence-corrected chi connectivity index (χ2v) is 11.4. The Morgan fingerprint density at radius 1 is 1.07 bits per heavy atom. The molecule has 1 saturated heterocycles. The van der Waals surface area contributed by atoms with Crippen molar-refractivity contribution < 1.29 is 33.9 Å². The van der Waals surface area contributed by atoms with Crippen LogP contribution in [0.25, 0.3) is 6.08 Å². The number of imide groups is 1. The van der Waals surface area contributed by atoms with Crippen molar-refractivity contribution in [3.63, 3.8) is 0 Å². The van der Waals surface area contributed by atoms with Crippen LogP contribution in [0.2, 0.25) is 0 Å². The number of carbonyl (C=O) groups excluding carboxylic acids is 4. The third-order valence-electron chi connectivity index (χ3n) is 8.38. The number of anilines is 1. The van der Waals surface area contributed by atoms with Crippen LogP contribution in [0.3, 0.4) is 0 Å². The highest BCUT2D eigenvalue weighted by Crippen LogP contribution is 2.53. The van der Waals surface area contributed by atoms with Gasteiger partial charge in [0.2, 0.25) is 11.8 Å². The minimum absolute atomic E-state index is 0.0246. The van der Waals surface area contributed by atoms with Gasteiger partial charge in [0, 0.05) is 35.3 Å². The molecule has 2 amide bonds. The highest BCUT2D eigenvalue weighted by molar-refractivity contribution is 9.12. The van der Waals surface area contributed by atoms with Crippen LogP contribution in [-0.4, -0.2) is 40.5 Å². The van der Waals surface area contributed by atoms with E-state index in [9.17, 15) is 34.4 Å². The molecule has 4 atom stereocenters. The number of amides is 2. The van der Waals surface area contributed by atoms with Gasteiger partial charge in [-0.1, -0.05) is 29.9 Å². The van der Waals surface area contributed by atoms with E-state index in [0.29, 0.717) is 16.7 Å². The van der Waals surface area contributed by atoms with Crippen molar-refractivity contribution in [2.24, 2.45) is 23.7 Å². The van der Waals surface area contributed by atoms with Crippen LogP contribution >= 0.6 is 15.9 Å². The van der Waals surface area contributed by atoms with Gasteiger partial charge in [-0.05, 0) is 64.5 Å². The maximum atomic E-state index is 13.9. The number of benzene rings is 2. The zero-order valence-electron chi connectivity index (χ0n) is 22.2. The van der Waals surface area contributed by atoms with Gasteiger partial charge in [-0.25, -0.2) is 0 Å². The summed E-state index contributed by atoms with van der Waals surface area (Å²) in [6.45, 7) is 0. The van der Waals surface area contributed by atoms with Crippen LogP contribution in [0.1, 0.15) is 18.4 Å². The number of nitro groups is 1. The number of aromatic hydroxyl groups is 1. The largest absolute Gasteiger partial charge is 0.504 e. The molecule has 212 valence electrons. The van der Waals surface area contributed by atoms with Crippen LogP contribution < -0.4 is 9.64 Å². The SMILES string of the molecule is COc1cc(C=CC2C3=CCC4C(=O)N(c5ccc([N+](=O)[O-])cc5)C(=O)C4C3CC3=C2C(=O)C=C(Br)C3=O)ccc1O. The van der Waals surface area contributed by atoms with Gasteiger partial charge in [0.05, 0.1) is 34.0 Å². The Bertz CT molecular complexity index is 1720. The molecule has 10 nitrogen and oxygen atoms in total. The molecule has 1 fully saturated rings. The normalized spacial score (nSPS) is 25.2. The molecule has 11 heteroatoms. The monoisotopic (exact) mass is 630 g/mol. The van der Waals surface area contributed by atoms with Gasteiger partial charge in [-0.3, -0.25) is 34.2 Å². The zero-order valence-corrected chi connectivity index (χ0v) is 23.7. The smallest absolute Gasteiger partial charge is 0.269 e. The summed E-state index contributed by atoms with van der Waals surface area (Å²) in [5, 5.41) is 21.1. The number of phenolic OH excluding ortho intramolecular Hbond substituents is 1. The van der Waals surface area contributed by atoms with Crippen LogP contribution in [-0.2, 0) is 19.2 Å². The van der Waals surface area contributed by atoms with Gasteiger partial charge in [0.25, 0.3) is 5.69 Å². The standard InChI is InChI=1S/C31H23BrN2O8/c1-42-26-12-15(3-11-24(26)35)2-8-19-18-9-10-20-28(21(18)13-22-27(19)25(36)14-23(32)29(22)37)31(39)33(30(20)38)16-4-6-17(7-5-16)34(40)41/h2-9,11-12,14,19-21,28,35H,10,13H2,1H3. The number of nitrogens with zero attached hydrogens (tertiary/aromatic N) is 2. The minimum atomic E-state index is -0.765. The molecule has 3 aliphatic carbocycles. The van der Waals surface area contributed by atoms with Gasteiger partial charge in [0.1, 0.15) is 0 Å². The lowest BCUT2D eigenvalue weighted by Crippen LogP contribution is -2.40. The van der Waals surface area contributed by atoms with Gasteiger partial charge in [-0.15, -0.1) is 0 Å². The molecule has 42 heavy (non-hydrogen) atoms. The summed E-state index contributed by atoms with van der Waals surface area (Å²) < 4.78 is 5.34. The number of fused-ring (bicyclic) bond motifs is 3. The van der Waals surface area contributed by atoms with E-state index in [1.165, 1.54) is 43.5 Å². The van der Waals surface area contributed by atoms with Crippen molar-refractivity contribution in [3.05, 3.63) is 97.6 Å². The minimum Gasteiger partial charge on any atom is -0.504 e. The molecular formula is C31H23BrN2O8. The molecule has 1 N–H and O–H groups in total. The highest BCUT2D eigenvalue weighted by atomic mass is 79.9. The summed E-state index contributed by atoms with van der Waals surface area (Å²) in [4.78, 5) is 65.6. The average molecular weight is 631 g/mol. The van der Waals surface area contributed by atoms with Crippen LogP contribution in [0, 0.1) is 33.8 Å². The lowest BCUT2D eigenvalue weighted by atomic mass is 9.61. The zero-order chi connectivity index (χ0) is 29.9. The Hall–Kier alpha value is -4.64. The Balaban J connectivity index is 1.40. The Morgan fingerprint density at radius 2 is 1.81 bits per heavy atom. The number of halogens is 1. The summed E-state index contributed by atoms with van der Waals surface area (Å²) in [6, 6.07) is 10.1. The van der Waals surface area contributed by atoms with Crippen LogP contribution in [0.15, 0.2) is 81.9 Å². The van der Waals surface area contributed by atoms with Gasteiger partial charge >= 0.3 is 0 Å². The van der Waals surface area contributed by atoms with E-state index in [1.807, 2.05) is 6.08 Å². The Kier molecular flexibility index (Phi) is 6.77. The predicted molar refractivity (Wildman–Crippen MR) is 155 cm³/mol. The van der Waals surface area contributed by atoms with Gasteiger partial charge < -0.3 is 9.84 Å². The molecule has 1 heterocycles. The van der Waals surface area contributed by atoms with Crippen molar-refractivity contribution in [1.29, 1.82) is 0 Å². The molecule has 2 aromatic rings. The fourth-order valence-electron chi connectivity index (χ4n) is 6.47. The van der Waals surface area contributed by atoms with E-state index in [0.717, 1.165) is 10.5 Å². The predicted octanol–water partition coefficient (Wildman–Crippen LogP) is 4.82. The number of ketones is 2. The summed E-state index contributed by atoms with van der Waals surface area (Å²) in [5.41, 5.74) is 2.21. The Morgan fingerprint density at radius 3 is 2.50 bits per heavy atom. The fourth-order valence-corrected chi connectivity index (χ4v) is 6.91. The lowest BCUT2D eigenvalue weighted by molar-refractivity contribution is -0.384. The van der Waals surface area contributed by atoms with Crippen molar-refractivity contribution in [3.8, 4) is 11.5 Å². The number of carbonyl (C=O) groups is 4. The first-order valence-electron chi connectivity index (χ1n) is 13.2. The molecule has 1 aliphatic heterocycles. The first-order valence-corrected chi connectivity index (χ1v) is 14.0. The van der Waals surface area contributed by atoms with Gasteiger partial charge in [0.15, 0.2) is 23.1 Å². The first kappa shape index (κ1) is 27.5. The molecule has 0 bridgehead atoms. The number of ether oxygens (including phenoxy) is 1. The third-order valence-corrected chi connectivity index (χ3v) is 8.97. The third kappa shape index (κ3) is 4.32. The summed E-state index contributed by atoms with van der Waals surface area (Å²) >= 11 is 3.21. The van der Waals surface area contributed by atoms with E-state index in [2.05, 4.69) is 15.9 Å². The number of methoxy groups -OCH3 is 1. The van der Waals surface area contributed by atoms with E-state index in [1.54, 1.807) is 24.3 Å². The van der Waals surface area contributed by atoms with E-state index in [-0.39, 0.29) is 51.8 Å². The molecule has 0 spiro atoms. The lowest BCUT2D eigenvalue weighted by Gasteiger charge is -2.41. The van der Waals surface area contributed by atoms with Crippen molar-refractivity contribution in [2.75, 3.05) is 12.0 Å². The molecular weight excluding hydrogens is 608 g/mol. The Labute approximate surface area is 247 Å². The molecule has 6 rings (SSSR count). The molecule has 0 saturated carbocycles. The highest BCUT2D eigenvalue weighted by Gasteiger charge is 2.56. The van der Waals surface area contributed by atoms with E-state index < -0.39 is 40.4 Å². The van der Waals surface area contributed by atoms with Crippen molar-refractivity contribution in [2.45, 2.75) is 12.8 Å². The fraction of sp³-hybridized carbons (Fsp3) is 0.226. The molecule has 2 aromatic carbocycles. The number of nitro benzene ring substituents is 1. The molecule has 0 aromatic heterocycles. The average Bonchev–Trinajstić information content (AvgIpc) is 3.24. The van der Waals surface area contributed by atoms with Crippen molar-refractivity contribution >= 4 is 56.8 Å². The topological polar surface area (TPSA) is 144 Å². The number of allylic oxidation sites excluding steroid dienone is 7. The van der Waals surface area contributed by atoms with E-state index in [4.69, 9.17) is 4.74 Å². The number of hydrogen-bond donors (Lipinski definition) is 1. The maximum Gasteiger partial charge on any atom is 0.269 e. The molecule has 4 aliphatic rings. The van der Waals surface area contributed by atoms with Gasteiger partial charge in [-0.2, -0.15) is 0 Å². The summed E-state index contributed by atoms with van der Waals surface area (Å²) in [5.74, 6) is -3.79. The number of rotatable bonds is 5. The molecule has 0 radical (unpaired) electrons. The first-order chi connectivity index (χ1) is 20.1. The second kappa shape index (κ2) is 10.3. The van der Waals surface area contributed by atoms with E-state index >= 15 is 0 Å². The number of non-ortho nitro benzene ring substituents is 1. The molecule has 4 unspecified atom stereocenters. The van der Waals surface area contributed by atoms with Crippen LogP contribution in [0.5, 0.6) is 11.5 Å². The number of Topliss-reactive ketones (excluding diaryl/α,β-unsaturated/α-hetero) is 1. The maximum absolute atomic E-state index is 13.9. The summed E-state index contributed by atoms with van der Waals surface area (Å²) in [6.07, 6.45) is 7.12. The summed E-state index contributed by atoms with van der Waals surface area (Å²) in [7, 11) is 1.44. The quantitative estimate of drug-likeness (QED) is 0.163. The number of hydrogen-bond acceptors (Lipinski definition) is 8.